The normalized spacial score (nSPS) is 18.5. The third kappa shape index (κ3) is 4.67. The van der Waals surface area contributed by atoms with E-state index in [1.165, 1.54) is 29.8 Å². The number of benzene rings is 2. The van der Waals surface area contributed by atoms with E-state index in [9.17, 15) is 13.6 Å². The highest BCUT2D eigenvalue weighted by Crippen LogP contribution is 2.40. The molecule has 0 aliphatic carbocycles. The Kier molecular flexibility index (Phi) is 6.92. The number of pyridine rings is 1. The molecule has 1 saturated heterocycles. The van der Waals surface area contributed by atoms with Crippen molar-refractivity contribution in [3.63, 3.8) is 0 Å². The number of amidine groups is 1. The smallest absolute Gasteiger partial charge is 0.265 e. The van der Waals surface area contributed by atoms with E-state index in [0.29, 0.717) is 29.4 Å². The van der Waals surface area contributed by atoms with E-state index in [1.807, 2.05) is 19.3 Å². The first-order valence-electron chi connectivity index (χ1n) is 12.5. The van der Waals surface area contributed by atoms with Gasteiger partial charge in [0.1, 0.15) is 17.5 Å². The minimum Gasteiger partial charge on any atom is -0.303 e. The van der Waals surface area contributed by atoms with Gasteiger partial charge in [-0.15, -0.1) is 0 Å². The van der Waals surface area contributed by atoms with Crippen LogP contribution in [0.2, 0.25) is 0 Å². The Morgan fingerprint density at radius 1 is 0.861 bits per heavy atom. The van der Waals surface area contributed by atoms with Crippen molar-refractivity contribution in [2.45, 2.75) is 37.6 Å². The van der Waals surface area contributed by atoms with Gasteiger partial charge in [-0.3, -0.25) is 14.7 Å². The zero-order valence-electron chi connectivity index (χ0n) is 20.4. The molecule has 2 aromatic carbocycles. The van der Waals surface area contributed by atoms with Gasteiger partial charge in [0.2, 0.25) is 0 Å². The van der Waals surface area contributed by atoms with Crippen molar-refractivity contribution in [2.24, 2.45) is 4.99 Å². The molecular weight excluding hydrogens is 458 g/mol. The molecule has 1 amide bonds. The van der Waals surface area contributed by atoms with Crippen LogP contribution >= 0.6 is 0 Å². The molecule has 36 heavy (non-hydrogen) atoms. The summed E-state index contributed by atoms with van der Waals surface area (Å²) in [5.74, 6) is 0.234. The maximum absolute atomic E-state index is 13.9. The molecule has 1 aromatic heterocycles. The molecule has 3 aromatic rings. The highest BCUT2D eigenvalue weighted by Gasteiger charge is 2.49. The van der Waals surface area contributed by atoms with E-state index in [2.05, 4.69) is 22.0 Å². The number of aromatic nitrogens is 1. The Labute approximate surface area is 210 Å². The van der Waals surface area contributed by atoms with Crippen LogP contribution in [0, 0.1) is 11.6 Å². The van der Waals surface area contributed by atoms with Gasteiger partial charge in [-0.25, -0.2) is 13.8 Å². The largest absolute Gasteiger partial charge is 0.303 e. The number of piperidine rings is 1. The summed E-state index contributed by atoms with van der Waals surface area (Å²) in [7, 11) is 0. The van der Waals surface area contributed by atoms with Gasteiger partial charge in [0, 0.05) is 18.9 Å². The van der Waals surface area contributed by atoms with Crippen LogP contribution in [0.5, 0.6) is 0 Å². The van der Waals surface area contributed by atoms with Crippen molar-refractivity contribution in [1.29, 1.82) is 0 Å². The molecule has 3 heterocycles. The highest BCUT2D eigenvalue weighted by molar-refractivity contribution is 6.09. The molecular formula is C29H30F2N4O. The SMILES string of the molecule is CC1=NC(c2ccc(F)cc2)(c2ccc(F)cc2)C(=O)N1CCCN1CCC(c2ccncc2)CC1. The molecule has 5 nitrogen and oxygen atoms in total. The molecule has 0 N–H and O–H groups in total. The minimum absolute atomic E-state index is 0.186. The van der Waals surface area contributed by atoms with Crippen molar-refractivity contribution >= 4 is 11.7 Å². The zero-order valence-corrected chi connectivity index (χ0v) is 20.4. The summed E-state index contributed by atoms with van der Waals surface area (Å²) in [6, 6.07) is 15.9. The fraction of sp³-hybridized carbons (Fsp3) is 0.345. The van der Waals surface area contributed by atoms with Gasteiger partial charge in [-0.05, 0) is 105 Å². The van der Waals surface area contributed by atoms with Gasteiger partial charge in [0.05, 0.1) is 0 Å². The van der Waals surface area contributed by atoms with Gasteiger partial charge in [-0.2, -0.15) is 0 Å². The molecule has 7 heteroatoms. The predicted octanol–water partition coefficient (Wildman–Crippen LogP) is 5.13. The molecule has 1 fully saturated rings. The number of halogens is 2. The van der Waals surface area contributed by atoms with Gasteiger partial charge in [0.25, 0.3) is 5.91 Å². The molecule has 186 valence electrons. The maximum Gasteiger partial charge on any atom is 0.265 e. The quantitative estimate of drug-likeness (QED) is 0.463. The monoisotopic (exact) mass is 488 g/mol. The van der Waals surface area contributed by atoms with E-state index < -0.39 is 5.54 Å². The summed E-state index contributed by atoms with van der Waals surface area (Å²) in [5, 5.41) is 0. The summed E-state index contributed by atoms with van der Waals surface area (Å²) in [4.78, 5) is 27.0. The van der Waals surface area contributed by atoms with Crippen LogP contribution in [0.15, 0.2) is 78.0 Å². The first-order valence-corrected chi connectivity index (χ1v) is 12.5. The fourth-order valence-corrected chi connectivity index (χ4v) is 5.46. The Balaban J connectivity index is 1.26. The van der Waals surface area contributed by atoms with Crippen LogP contribution in [0.1, 0.15) is 48.8 Å². The van der Waals surface area contributed by atoms with Crippen LogP contribution in [0.3, 0.4) is 0 Å². The number of hydrogen-bond acceptors (Lipinski definition) is 4. The second kappa shape index (κ2) is 10.3. The second-order valence-corrected chi connectivity index (χ2v) is 9.59. The topological polar surface area (TPSA) is 48.8 Å². The number of carbonyl (C=O) groups excluding carboxylic acids is 1. The third-order valence-corrected chi connectivity index (χ3v) is 7.42. The minimum atomic E-state index is -1.34. The lowest BCUT2D eigenvalue weighted by atomic mass is 9.82. The first kappa shape index (κ1) is 24.3. The summed E-state index contributed by atoms with van der Waals surface area (Å²) < 4.78 is 27.4. The van der Waals surface area contributed by atoms with Crippen molar-refractivity contribution in [3.8, 4) is 0 Å². The van der Waals surface area contributed by atoms with Gasteiger partial charge in [0.15, 0.2) is 5.54 Å². The maximum atomic E-state index is 13.9. The Bertz CT molecular complexity index is 1170. The number of carbonyl (C=O) groups is 1. The predicted molar refractivity (Wildman–Crippen MR) is 136 cm³/mol. The van der Waals surface area contributed by atoms with Crippen LogP contribution in [-0.4, -0.2) is 52.7 Å². The average Bonchev–Trinajstić information content (AvgIpc) is 3.16. The molecule has 0 radical (unpaired) electrons. The van der Waals surface area contributed by atoms with E-state index in [0.717, 1.165) is 38.9 Å². The Morgan fingerprint density at radius 3 is 1.97 bits per heavy atom. The molecule has 0 atom stereocenters. The molecule has 0 spiro atoms. The summed E-state index contributed by atoms with van der Waals surface area (Å²) in [6.07, 6.45) is 6.77. The average molecular weight is 489 g/mol. The lowest BCUT2D eigenvalue weighted by molar-refractivity contribution is -0.130. The number of amides is 1. The van der Waals surface area contributed by atoms with Crippen molar-refractivity contribution in [3.05, 3.63) is 101 Å². The number of hydrogen-bond donors (Lipinski definition) is 0. The number of rotatable bonds is 7. The van der Waals surface area contributed by atoms with Gasteiger partial charge >= 0.3 is 0 Å². The second-order valence-electron chi connectivity index (χ2n) is 9.59. The Morgan fingerprint density at radius 2 is 1.42 bits per heavy atom. The third-order valence-electron chi connectivity index (χ3n) is 7.42. The van der Waals surface area contributed by atoms with Crippen LogP contribution in [0.4, 0.5) is 8.78 Å². The van der Waals surface area contributed by atoms with E-state index in [1.54, 1.807) is 29.2 Å². The molecule has 0 unspecified atom stereocenters. The lowest BCUT2D eigenvalue weighted by Gasteiger charge is -2.32. The molecule has 5 rings (SSSR count). The molecule has 2 aliphatic heterocycles. The van der Waals surface area contributed by atoms with E-state index in [-0.39, 0.29) is 17.5 Å². The Hall–Kier alpha value is -3.45. The van der Waals surface area contributed by atoms with E-state index in [4.69, 9.17) is 4.99 Å². The number of likely N-dealkylation sites (tertiary alicyclic amines) is 1. The molecule has 0 saturated carbocycles. The molecule has 0 bridgehead atoms. The van der Waals surface area contributed by atoms with Crippen LogP contribution in [-0.2, 0) is 10.3 Å². The standard InChI is InChI=1S/C29H30F2N4O/c1-21-33-29(24-3-7-26(30)8-4-24,25-5-9-27(31)10-6-25)28(36)35(21)18-2-17-34-19-13-23(14-20-34)22-11-15-32-16-12-22/h3-12,15-16,23H,2,13-14,17-20H2,1H3. The van der Waals surface area contributed by atoms with Crippen LogP contribution in [0.25, 0.3) is 0 Å². The lowest BCUT2D eigenvalue weighted by Crippen LogP contribution is -2.43. The van der Waals surface area contributed by atoms with Crippen LogP contribution < -0.4 is 0 Å². The summed E-state index contributed by atoms with van der Waals surface area (Å²) in [6.45, 7) is 5.34. The van der Waals surface area contributed by atoms with Gasteiger partial charge in [-0.1, -0.05) is 24.3 Å². The first-order chi connectivity index (χ1) is 17.5. The number of nitrogens with zero attached hydrogens (tertiary/aromatic N) is 4. The summed E-state index contributed by atoms with van der Waals surface area (Å²) >= 11 is 0. The fourth-order valence-electron chi connectivity index (χ4n) is 5.46. The van der Waals surface area contributed by atoms with Gasteiger partial charge < -0.3 is 4.90 Å². The van der Waals surface area contributed by atoms with Crippen molar-refractivity contribution in [1.82, 2.24) is 14.8 Å². The van der Waals surface area contributed by atoms with Crippen molar-refractivity contribution < 1.29 is 13.6 Å². The summed E-state index contributed by atoms with van der Waals surface area (Å²) in [5.41, 5.74) is 1.16. The molecule has 2 aliphatic rings. The van der Waals surface area contributed by atoms with E-state index >= 15 is 0 Å². The zero-order chi connectivity index (χ0) is 25.1. The number of aliphatic imine (C=N–C) groups is 1. The highest BCUT2D eigenvalue weighted by atomic mass is 19.1. The van der Waals surface area contributed by atoms with Crippen molar-refractivity contribution in [2.75, 3.05) is 26.2 Å².